The van der Waals surface area contributed by atoms with Gasteiger partial charge in [0.1, 0.15) is 0 Å². The Hall–Kier alpha value is -0.930. The van der Waals surface area contributed by atoms with Crippen LogP contribution in [0.3, 0.4) is 0 Å². The molecule has 1 aliphatic carbocycles. The van der Waals surface area contributed by atoms with Crippen LogP contribution in [0.25, 0.3) is 0 Å². The lowest BCUT2D eigenvalue weighted by Gasteiger charge is -2.22. The molecule has 0 aliphatic heterocycles. The van der Waals surface area contributed by atoms with Crippen LogP contribution in [0.4, 0.5) is 0 Å². The van der Waals surface area contributed by atoms with Crippen molar-refractivity contribution in [1.29, 1.82) is 0 Å². The van der Waals surface area contributed by atoms with Crippen molar-refractivity contribution in [3.8, 4) is 0 Å². The molecule has 1 aliphatic rings. The smallest absolute Gasteiger partial charge is 0.0543 e. The number of nitrogens with one attached hydrogen (secondary N) is 1. The third-order valence-electron chi connectivity index (χ3n) is 3.99. The molecule has 0 radical (unpaired) electrons. The SMILES string of the molecule is CN(CCNCC1CCCCC1)Cc1ccccn1. The highest BCUT2D eigenvalue weighted by atomic mass is 15.1. The van der Waals surface area contributed by atoms with Gasteiger partial charge in [0.2, 0.25) is 0 Å². The minimum absolute atomic E-state index is 0.926. The van der Waals surface area contributed by atoms with Crippen molar-refractivity contribution in [2.45, 2.75) is 38.6 Å². The molecule has 3 heteroatoms. The molecule has 0 unspecified atom stereocenters. The fourth-order valence-corrected chi connectivity index (χ4v) is 2.81. The Morgan fingerprint density at radius 2 is 2.11 bits per heavy atom. The molecule has 0 bridgehead atoms. The van der Waals surface area contributed by atoms with Gasteiger partial charge < -0.3 is 5.32 Å². The lowest BCUT2D eigenvalue weighted by atomic mass is 9.89. The summed E-state index contributed by atoms with van der Waals surface area (Å²) in [4.78, 5) is 6.69. The van der Waals surface area contributed by atoms with E-state index >= 15 is 0 Å². The van der Waals surface area contributed by atoms with Gasteiger partial charge in [-0.05, 0) is 44.5 Å². The number of hydrogen-bond acceptors (Lipinski definition) is 3. The van der Waals surface area contributed by atoms with Gasteiger partial charge in [0, 0.05) is 25.8 Å². The van der Waals surface area contributed by atoms with Crippen LogP contribution in [-0.4, -0.2) is 36.6 Å². The summed E-state index contributed by atoms with van der Waals surface area (Å²) < 4.78 is 0. The summed E-state index contributed by atoms with van der Waals surface area (Å²) in [5, 5.41) is 3.61. The highest BCUT2D eigenvalue weighted by Gasteiger charge is 2.12. The van der Waals surface area contributed by atoms with Crippen LogP contribution < -0.4 is 5.32 Å². The molecular formula is C16H27N3. The zero-order chi connectivity index (χ0) is 13.3. The first-order chi connectivity index (χ1) is 9.34. The molecule has 1 N–H and O–H groups in total. The second kappa shape index (κ2) is 8.28. The maximum Gasteiger partial charge on any atom is 0.0543 e. The third kappa shape index (κ3) is 5.70. The molecule has 0 amide bonds. The number of hydrogen-bond donors (Lipinski definition) is 1. The zero-order valence-corrected chi connectivity index (χ0v) is 12.1. The van der Waals surface area contributed by atoms with E-state index in [2.05, 4.69) is 34.4 Å². The summed E-state index contributed by atoms with van der Waals surface area (Å²) in [7, 11) is 2.16. The maximum atomic E-state index is 4.36. The van der Waals surface area contributed by atoms with Gasteiger partial charge in [-0.3, -0.25) is 9.88 Å². The third-order valence-corrected chi connectivity index (χ3v) is 3.99. The molecule has 1 heterocycles. The molecule has 0 saturated heterocycles. The number of rotatable bonds is 7. The number of nitrogens with zero attached hydrogens (tertiary/aromatic N) is 2. The van der Waals surface area contributed by atoms with Crippen molar-refractivity contribution in [2.24, 2.45) is 5.92 Å². The Morgan fingerprint density at radius 3 is 2.84 bits per heavy atom. The number of likely N-dealkylation sites (N-methyl/N-ethyl adjacent to an activating group) is 1. The molecule has 0 aromatic carbocycles. The molecule has 3 nitrogen and oxygen atoms in total. The van der Waals surface area contributed by atoms with E-state index in [9.17, 15) is 0 Å². The quantitative estimate of drug-likeness (QED) is 0.765. The van der Waals surface area contributed by atoms with Crippen molar-refractivity contribution in [3.05, 3.63) is 30.1 Å². The summed E-state index contributed by atoms with van der Waals surface area (Å²) >= 11 is 0. The summed E-state index contributed by atoms with van der Waals surface area (Å²) in [6, 6.07) is 6.11. The molecule has 1 saturated carbocycles. The van der Waals surface area contributed by atoms with Gasteiger partial charge in [0.15, 0.2) is 0 Å². The first-order valence-corrected chi connectivity index (χ1v) is 7.64. The van der Waals surface area contributed by atoms with Gasteiger partial charge in [0.05, 0.1) is 5.69 Å². The van der Waals surface area contributed by atoms with Crippen LogP contribution in [0.1, 0.15) is 37.8 Å². The molecule has 1 aromatic heterocycles. The highest BCUT2D eigenvalue weighted by molar-refractivity contribution is 5.02. The average molecular weight is 261 g/mol. The summed E-state index contributed by atoms with van der Waals surface area (Å²) in [6.07, 6.45) is 9.04. The van der Waals surface area contributed by atoms with E-state index in [1.54, 1.807) is 0 Å². The van der Waals surface area contributed by atoms with Crippen molar-refractivity contribution in [1.82, 2.24) is 15.2 Å². The van der Waals surface area contributed by atoms with E-state index in [-0.39, 0.29) is 0 Å². The number of aromatic nitrogens is 1. The largest absolute Gasteiger partial charge is 0.315 e. The molecule has 0 atom stereocenters. The maximum absolute atomic E-state index is 4.36. The van der Waals surface area contributed by atoms with Crippen LogP contribution in [-0.2, 0) is 6.54 Å². The summed E-state index contributed by atoms with van der Waals surface area (Å²) in [5.74, 6) is 0.926. The van der Waals surface area contributed by atoms with Gasteiger partial charge in [-0.15, -0.1) is 0 Å². The molecule has 2 rings (SSSR count). The van der Waals surface area contributed by atoms with Gasteiger partial charge in [-0.25, -0.2) is 0 Å². The molecule has 1 fully saturated rings. The van der Waals surface area contributed by atoms with Gasteiger partial charge in [0.25, 0.3) is 0 Å². The lowest BCUT2D eigenvalue weighted by Crippen LogP contribution is -2.32. The van der Waals surface area contributed by atoms with Crippen molar-refractivity contribution in [2.75, 3.05) is 26.7 Å². The lowest BCUT2D eigenvalue weighted by molar-refractivity contribution is 0.302. The number of pyridine rings is 1. The van der Waals surface area contributed by atoms with E-state index < -0.39 is 0 Å². The van der Waals surface area contributed by atoms with E-state index in [4.69, 9.17) is 0 Å². The van der Waals surface area contributed by atoms with Crippen molar-refractivity contribution >= 4 is 0 Å². The van der Waals surface area contributed by atoms with Crippen molar-refractivity contribution < 1.29 is 0 Å². The molecule has 106 valence electrons. The minimum atomic E-state index is 0.926. The Balaban J connectivity index is 1.55. The van der Waals surface area contributed by atoms with Crippen LogP contribution in [0.15, 0.2) is 24.4 Å². The average Bonchev–Trinajstić information content (AvgIpc) is 2.46. The van der Waals surface area contributed by atoms with E-state index in [1.807, 2.05) is 12.3 Å². The van der Waals surface area contributed by atoms with E-state index in [1.165, 1.54) is 38.6 Å². The van der Waals surface area contributed by atoms with Crippen LogP contribution in [0.2, 0.25) is 0 Å². The summed E-state index contributed by atoms with van der Waals surface area (Å²) in [5.41, 5.74) is 1.15. The van der Waals surface area contributed by atoms with Crippen LogP contribution >= 0.6 is 0 Å². The van der Waals surface area contributed by atoms with Crippen molar-refractivity contribution in [3.63, 3.8) is 0 Å². The van der Waals surface area contributed by atoms with Crippen LogP contribution in [0.5, 0.6) is 0 Å². The Kier molecular flexibility index (Phi) is 6.31. The monoisotopic (exact) mass is 261 g/mol. The predicted molar refractivity (Wildman–Crippen MR) is 80.0 cm³/mol. The normalized spacial score (nSPS) is 16.9. The topological polar surface area (TPSA) is 28.2 Å². The molecule has 19 heavy (non-hydrogen) atoms. The fourth-order valence-electron chi connectivity index (χ4n) is 2.81. The molecule has 0 spiro atoms. The second-order valence-electron chi connectivity index (χ2n) is 5.77. The molecule has 1 aromatic rings. The van der Waals surface area contributed by atoms with Gasteiger partial charge in [-0.1, -0.05) is 25.3 Å². The summed E-state index contributed by atoms with van der Waals surface area (Å²) in [6.45, 7) is 4.31. The first-order valence-electron chi connectivity index (χ1n) is 7.64. The Labute approximate surface area is 117 Å². The van der Waals surface area contributed by atoms with Gasteiger partial charge >= 0.3 is 0 Å². The first kappa shape index (κ1) is 14.5. The molecular weight excluding hydrogens is 234 g/mol. The highest BCUT2D eigenvalue weighted by Crippen LogP contribution is 2.22. The van der Waals surface area contributed by atoms with Gasteiger partial charge in [-0.2, -0.15) is 0 Å². The van der Waals surface area contributed by atoms with Crippen LogP contribution in [0, 0.1) is 5.92 Å². The van der Waals surface area contributed by atoms with E-state index in [0.717, 1.165) is 31.2 Å². The Bertz CT molecular complexity index is 333. The Morgan fingerprint density at radius 1 is 1.26 bits per heavy atom. The minimum Gasteiger partial charge on any atom is -0.315 e. The fraction of sp³-hybridized carbons (Fsp3) is 0.688. The predicted octanol–water partition coefficient (Wildman–Crippen LogP) is 2.68. The van der Waals surface area contributed by atoms with E-state index in [0.29, 0.717) is 0 Å². The second-order valence-corrected chi connectivity index (χ2v) is 5.77. The standard InChI is InChI=1S/C16H27N3/c1-19(14-16-9-5-6-10-18-16)12-11-17-13-15-7-3-2-4-8-15/h5-6,9-10,15,17H,2-4,7-8,11-14H2,1H3. The zero-order valence-electron chi connectivity index (χ0n) is 12.1.